The second-order valence-electron chi connectivity index (χ2n) is 8.13. The fourth-order valence-corrected chi connectivity index (χ4v) is 4.27. The summed E-state index contributed by atoms with van der Waals surface area (Å²) in [6.07, 6.45) is 3.46. The van der Waals surface area contributed by atoms with E-state index in [9.17, 15) is 14.9 Å². The lowest BCUT2D eigenvalue weighted by molar-refractivity contribution is -0.386. The van der Waals surface area contributed by atoms with Gasteiger partial charge in [0.2, 0.25) is 6.79 Å². The standard InChI is InChI=1S/C21H30N2O6/c1-5-14(4)22(13(2)3)21(24)29-20(15-8-6-7-9-15)16-10-18-19(28-12-27-18)11-17(16)23(25)26/h10-11,13-15,20H,5-9,12H2,1-4H3. The van der Waals surface area contributed by atoms with Crippen LogP contribution >= 0.6 is 0 Å². The second kappa shape index (κ2) is 8.88. The quantitative estimate of drug-likeness (QED) is 0.456. The minimum Gasteiger partial charge on any atom is -0.454 e. The maximum absolute atomic E-state index is 13.1. The molecule has 8 heteroatoms. The monoisotopic (exact) mass is 406 g/mol. The lowest BCUT2D eigenvalue weighted by Gasteiger charge is -2.34. The average molecular weight is 406 g/mol. The molecule has 0 spiro atoms. The van der Waals surface area contributed by atoms with Crippen molar-refractivity contribution in [2.24, 2.45) is 5.92 Å². The van der Waals surface area contributed by atoms with Crippen LogP contribution in [-0.4, -0.2) is 34.8 Å². The molecule has 0 saturated heterocycles. The molecule has 2 unspecified atom stereocenters. The van der Waals surface area contributed by atoms with E-state index < -0.39 is 17.1 Å². The van der Waals surface area contributed by atoms with Gasteiger partial charge in [-0.3, -0.25) is 10.1 Å². The SMILES string of the molecule is CCC(C)N(C(=O)OC(c1cc2c(cc1[N+](=O)[O-])OCO2)C1CCCC1)C(C)C. The lowest BCUT2D eigenvalue weighted by Crippen LogP contribution is -2.44. The Hall–Kier alpha value is -2.51. The molecule has 2 atom stereocenters. The van der Waals surface area contributed by atoms with Crippen molar-refractivity contribution in [1.82, 2.24) is 4.90 Å². The number of ether oxygens (including phenoxy) is 3. The minimum absolute atomic E-state index is 0.0125. The van der Waals surface area contributed by atoms with Crippen LogP contribution in [0.5, 0.6) is 11.5 Å². The third kappa shape index (κ3) is 4.41. The van der Waals surface area contributed by atoms with Gasteiger partial charge in [0, 0.05) is 18.0 Å². The molecule has 0 aromatic heterocycles. The van der Waals surface area contributed by atoms with Crippen LogP contribution in [0.25, 0.3) is 0 Å². The first kappa shape index (κ1) is 21.2. The average Bonchev–Trinajstić information content (AvgIpc) is 3.36. The van der Waals surface area contributed by atoms with Crippen LogP contribution in [0.2, 0.25) is 0 Å². The zero-order valence-corrected chi connectivity index (χ0v) is 17.6. The van der Waals surface area contributed by atoms with E-state index in [1.807, 2.05) is 27.7 Å². The van der Waals surface area contributed by atoms with E-state index in [2.05, 4.69) is 0 Å². The Balaban J connectivity index is 1.98. The molecule has 0 N–H and O–H groups in total. The summed E-state index contributed by atoms with van der Waals surface area (Å²) in [5.74, 6) is 0.844. The number of amides is 1. The number of rotatable bonds is 7. The van der Waals surface area contributed by atoms with Crippen LogP contribution in [0, 0.1) is 16.0 Å². The predicted molar refractivity (Wildman–Crippen MR) is 107 cm³/mol. The largest absolute Gasteiger partial charge is 0.454 e. The summed E-state index contributed by atoms with van der Waals surface area (Å²) >= 11 is 0. The Bertz CT molecular complexity index is 760. The number of nitro benzene ring substituents is 1. The van der Waals surface area contributed by atoms with E-state index in [0.717, 1.165) is 32.1 Å². The molecule has 1 heterocycles. The van der Waals surface area contributed by atoms with Crippen LogP contribution in [-0.2, 0) is 4.74 Å². The molecule has 1 aromatic carbocycles. The lowest BCUT2D eigenvalue weighted by atomic mass is 9.92. The summed E-state index contributed by atoms with van der Waals surface area (Å²) in [6, 6.07) is 2.97. The highest BCUT2D eigenvalue weighted by Crippen LogP contribution is 2.46. The number of nitrogens with zero attached hydrogens (tertiary/aromatic N) is 2. The number of hydrogen-bond donors (Lipinski definition) is 0. The van der Waals surface area contributed by atoms with Crippen molar-refractivity contribution in [2.45, 2.75) is 78.0 Å². The zero-order chi connectivity index (χ0) is 21.1. The second-order valence-corrected chi connectivity index (χ2v) is 8.13. The minimum atomic E-state index is -0.690. The first-order valence-corrected chi connectivity index (χ1v) is 10.4. The topological polar surface area (TPSA) is 91.1 Å². The molecule has 1 amide bonds. The number of fused-ring (bicyclic) bond motifs is 1. The van der Waals surface area contributed by atoms with Gasteiger partial charge in [0.05, 0.1) is 16.6 Å². The van der Waals surface area contributed by atoms with E-state index in [1.165, 1.54) is 6.07 Å². The van der Waals surface area contributed by atoms with Gasteiger partial charge in [0.1, 0.15) is 6.10 Å². The molecule has 0 bridgehead atoms. The Morgan fingerprint density at radius 1 is 1.24 bits per heavy atom. The molecule has 2 aliphatic rings. The summed E-state index contributed by atoms with van der Waals surface area (Å²) in [6.45, 7) is 7.92. The molecular weight excluding hydrogens is 376 g/mol. The van der Waals surface area contributed by atoms with Crippen molar-refractivity contribution in [3.8, 4) is 11.5 Å². The summed E-state index contributed by atoms with van der Waals surface area (Å²) < 4.78 is 16.7. The van der Waals surface area contributed by atoms with Crippen LogP contribution in [0.4, 0.5) is 10.5 Å². The Morgan fingerprint density at radius 2 is 1.86 bits per heavy atom. The van der Waals surface area contributed by atoms with Gasteiger partial charge < -0.3 is 19.1 Å². The van der Waals surface area contributed by atoms with Gasteiger partial charge in [-0.1, -0.05) is 19.8 Å². The Labute approximate surface area is 171 Å². The van der Waals surface area contributed by atoms with Gasteiger partial charge in [0.25, 0.3) is 5.69 Å². The van der Waals surface area contributed by atoms with Crippen molar-refractivity contribution in [3.63, 3.8) is 0 Å². The van der Waals surface area contributed by atoms with E-state index >= 15 is 0 Å². The number of hydrogen-bond acceptors (Lipinski definition) is 6. The van der Waals surface area contributed by atoms with Crippen molar-refractivity contribution in [2.75, 3.05) is 6.79 Å². The Kier molecular flexibility index (Phi) is 6.49. The number of nitro groups is 1. The highest BCUT2D eigenvalue weighted by molar-refractivity contribution is 5.69. The summed E-state index contributed by atoms with van der Waals surface area (Å²) in [5, 5.41) is 11.8. The number of carbonyl (C=O) groups is 1. The molecule has 3 rings (SSSR count). The third-order valence-corrected chi connectivity index (χ3v) is 5.91. The van der Waals surface area contributed by atoms with E-state index in [-0.39, 0.29) is 30.5 Å². The van der Waals surface area contributed by atoms with E-state index in [0.29, 0.717) is 17.1 Å². The van der Waals surface area contributed by atoms with E-state index in [4.69, 9.17) is 14.2 Å². The first-order valence-electron chi connectivity index (χ1n) is 10.4. The molecule has 1 aromatic rings. The fourth-order valence-electron chi connectivity index (χ4n) is 4.27. The molecule has 8 nitrogen and oxygen atoms in total. The van der Waals surface area contributed by atoms with Gasteiger partial charge in [0.15, 0.2) is 11.5 Å². The Morgan fingerprint density at radius 3 is 2.41 bits per heavy atom. The van der Waals surface area contributed by atoms with Gasteiger partial charge in [-0.25, -0.2) is 4.79 Å². The molecular formula is C21H30N2O6. The molecule has 29 heavy (non-hydrogen) atoms. The maximum Gasteiger partial charge on any atom is 0.410 e. The molecule has 1 fully saturated rings. The molecule has 0 radical (unpaired) electrons. The van der Waals surface area contributed by atoms with Crippen LogP contribution < -0.4 is 9.47 Å². The normalized spacial score (nSPS) is 18.0. The van der Waals surface area contributed by atoms with Crippen molar-refractivity contribution in [1.29, 1.82) is 0 Å². The van der Waals surface area contributed by atoms with Crippen molar-refractivity contribution >= 4 is 11.8 Å². The molecule has 1 aliphatic carbocycles. The predicted octanol–water partition coefficient (Wildman–Crippen LogP) is 5.20. The third-order valence-electron chi connectivity index (χ3n) is 5.91. The highest BCUT2D eigenvalue weighted by atomic mass is 16.7. The molecule has 1 saturated carbocycles. The van der Waals surface area contributed by atoms with Crippen LogP contribution in [0.3, 0.4) is 0 Å². The number of benzene rings is 1. The van der Waals surface area contributed by atoms with Gasteiger partial charge in [-0.15, -0.1) is 0 Å². The number of carbonyl (C=O) groups excluding carboxylic acids is 1. The molecule has 1 aliphatic heterocycles. The van der Waals surface area contributed by atoms with Crippen molar-refractivity contribution < 1.29 is 23.9 Å². The van der Waals surface area contributed by atoms with Crippen LogP contribution in [0.1, 0.15) is 71.5 Å². The zero-order valence-electron chi connectivity index (χ0n) is 17.6. The van der Waals surface area contributed by atoms with Gasteiger partial charge >= 0.3 is 6.09 Å². The van der Waals surface area contributed by atoms with E-state index in [1.54, 1.807) is 11.0 Å². The smallest absolute Gasteiger partial charge is 0.410 e. The first-order chi connectivity index (χ1) is 13.8. The van der Waals surface area contributed by atoms with Gasteiger partial charge in [-0.05, 0) is 46.1 Å². The molecule has 160 valence electrons. The van der Waals surface area contributed by atoms with Gasteiger partial charge in [-0.2, -0.15) is 0 Å². The van der Waals surface area contributed by atoms with Crippen molar-refractivity contribution in [3.05, 3.63) is 27.8 Å². The maximum atomic E-state index is 13.1. The summed E-state index contributed by atoms with van der Waals surface area (Å²) in [7, 11) is 0. The fraction of sp³-hybridized carbons (Fsp3) is 0.667. The highest BCUT2D eigenvalue weighted by Gasteiger charge is 2.38. The summed E-state index contributed by atoms with van der Waals surface area (Å²) in [5.41, 5.74) is 0.283. The van der Waals surface area contributed by atoms with Crippen LogP contribution in [0.15, 0.2) is 12.1 Å². The summed E-state index contributed by atoms with van der Waals surface area (Å²) in [4.78, 5) is 26.2.